The van der Waals surface area contributed by atoms with Crippen molar-refractivity contribution in [3.8, 4) is 0 Å². The van der Waals surface area contributed by atoms with E-state index in [1.807, 2.05) is 39.0 Å². The highest BCUT2D eigenvalue weighted by Crippen LogP contribution is 2.32. The Morgan fingerprint density at radius 2 is 2.37 bits per heavy atom. The molecule has 19 heavy (non-hydrogen) atoms. The zero-order chi connectivity index (χ0) is 14.0. The molecule has 1 aromatic rings. The highest BCUT2D eigenvalue weighted by atomic mass is 32.2. The third-order valence-corrected chi connectivity index (χ3v) is 3.82. The molecule has 0 N–H and O–H groups in total. The summed E-state index contributed by atoms with van der Waals surface area (Å²) >= 11 is 1.53. The molecule has 0 aliphatic carbocycles. The number of thioether (sulfide) groups is 1. The van der Waals surface area contributed by atoms with Crippen LogP contribution < -0.4 is 0 Å². The predicted molar refractivity (Wildman–Crippen MR) is 76.0 cm³/mol. The van der Waals surface area contributed by atoms with E-state index in [4.69, 9.17) is 4.74 Å². The average Bonchev–Trinajstić information content (AvgIpc) is 2.77. The summed E-state index contributed by atoms with van der Waals surface area (Å²) in [6.45, 7) is 4.50. The number of hydrogen-bond acceptors (Lipinski definition) is 5. The molecule has 104 valence electrons. The molecule has 1 aliphatic rings. The number of allylic oxidation sites excluding steroid dienone is 1. The third-order valence-electron chi connectivity index (χ3n) is 2.80. The summed E-state index contributed by atoms with van der Waals surface area (Å²) in [5.41, 5.74) is 1.54. The van der Waals surface area contributed by atoms with E-state index in [-0.39, 0.29) is 12.0 Å². The number of carbonyl (C=O) groups is 1. The lowest BCUT2D eigenvalue weighted by Gasteiger charge is -2.14. The van der Waals surface area contributed by atoms with Gasteiger partial charge in [-0.2, -0.15) is 5.10 Å². The van der Waals surface area contributed by atoms with Crippen molar-refractivity contribution in [2.75, 3.05) is 20.7 Å². The third kappa shape index (κ3) is 3.01. The van der Waals surface area contributed by atoms with Crippen LogP contribution in [0.2, 0.25) is 0 Å². The minimum absolute atomic E-state index is 0.0508. The molecule has 2 rings (SSSR count). The number of aromatic nitrogens is 2. The number of hydrogen-bond donors (Lipinski definition) is 0. The smallest absolute Gasteiger partial charge is 0.204 e. The minimum Gasteiger partial charge on any atom is -0.382 e. The molecule has 1 unspecified atom stereocenters. The number of ether oxygens (including phenoxy) is 1. The Labute approximate surface area is 117 Å². The topological polar surface area (TPSA) is 47.4 Å². The number of fused-ring (bicyclic) bond motifs is 1. The molecule has 5 nitrogen and oxygen atoms in total. The monoisotopic (exact) mass is 281 g/mol. The largest absolute Gasteiger partial charge is 0.382 e. The van der Waals surface area contributed by atoms with Gasteiger partial charge >= 0.3 is 0 Å². The first kappa shape index (κ1) is 14.1. The molecule has 0 bridgehead atoms. The standard InChI is InChI=1S/C13H19N3O2S/c1-5-18-9(2)16-6-10-11(14-16)8-19-12(13(10)17)7-15(3)4/h6-7,9H,5,8H2,1-4H3. The van der Waals surface area contributed by atoms with Crippen molar-refractivity contribution < 1.29 is 9.53 Å². The lowest BCUT2D eigenvalue weighted by atomic mass is 10.1. The fraction of sp³-hybridized carbons (Fsp3) is 0.538. The lowest BCUT2D eigenvalue weighted by molar-refractivity contribution is 0.0157. The quantitative estimate of drug-likeness (QED) is 0.792. The molecule has 0 spiro atoms. The molecule has 0 saturated heterocycles. The van der Waals surface area contributed by atoms with Gasteiger partial charge in [0.25, 0.3) is 0 Å². The van der Waals surface area contributed by atoms with Crippen molar-refractivity contribution in [3.05, 3.63) is 28.6 Å². The van der Waals surface area contributed by atoms with Crippen LogP contribution in [0.4, 0.5) is 0 Å². The molecule has 2 heterocycles. The maximum Gasteiger partial charge on any atom is 0.204 e. The summed E-state index contributed by atoms with van der Waals surface area (Å²) in [4.78, 5) is 15.0. The maximum atomic E-state index is 12.3. The summed E-state index contributed by atoms with van der Waals surface area (Å²) in [5, 5.41) is 4.44. The number of ketones is 1. The van der Waals surface area contributed by atoms with Gasteiger partial charge in [-0.3, -0.25) is 4.79 Å². The molecule has 0 radical (unpaired) electrons. The van der Waals surface area contributed by atoms with Crippen molar-refractivity contribution >= 4 is 17.5 Å². The average molecular weight is 281 g/mol. The van der Waals surface area contributed by atoms with Gasteiger partial charge in [0.2, 0.25) is 5.78 Å². The molecular formula is C13H19N3O2S. The number of Topliss-reactive ketones (excluding diaryl/α,β-unsaturated/α-hetero) is 1. The molecule has 0 aromatic carbocycles. The van der Waals surface area contributed by atoms with E-state index in [9.17, 15) is 4.79 Å². The zero-order valence-electron chi connectivity index (χ0n) is 11.7. The van der Waals surface area contributed by atoms with Gasteiger partial charge in [0, 0.05) is 38.9 Å². The van der Waals surface area contributed by atoms with E-state index in [0.717, 1.165) is 16.4 Å². The van der Waals surface area contributed by atoms with Crippen LogP contribution in [-0.4, -0.2) is 41.2 Å². The summed E-state index contributed by atoms with van der Waals surface area (Å²) in [6.07, 6.45) is 3.51. The number of nitrogens with zero attached hydrogens (tertiary/aromatic N) is 3. The molecule has 6 heteroatoms. The molecule has 0 amide bonds. The highest BCUT2D eigenvalue weighted by Gasteiger charge is 2.27. The highest BCUT2D eigenvalue weighted by molar-refractivity contribution is 8.03. The molecule has 1 atom stereocenters. The Hall–Kier alpha value is -1.27. The number of carbonyl (C=O) groups excluding carboxylic acids is 1. The van der Waals surface area contributed by atoms with Gasteiger partial charge in [0.05, 0.1) is 16.2 Å². The van der Waals surface area contributed by atoms with Crippen molar-refractivity contribution in [1.82, 2.24) is 14.7 Å². The Bertz CT molecular complexity index is 508. The first-order valence-corrected chi connectivity index (χ1v) is 7.26. The van der Waals surface area contributed by atoms with Gasteiger partial charge in [0.15, 0.2) is 0 Å². The van der Waals surface area contributed by atoms with Crippen LogP contribution in [0.5, 0.6) is 0 Å². The second-order valence-corrected chi connectivity index (χ2v) is 5.62. The van der Waals surface area contributed by atoms with Crippen molar-refractivity contribution in [2.45, 2.75) is 25.8 Å². The second-order valence-electron chi connectivity index (χ2n) is 4.60. The van der Waals surface area contributed by atoms with Crippen LogP contribution in [0.3, 0.4) is 0 Å². The maximum absolute atomic E-state index is 12.3. The molecule has 0 fully saturated rings. The lowest BCUT2D eigenvalue weighted by Crippen LogP contribution is -2.12. The van der Waals surface area contributed by atoms with E-state index < -0.39 is 0 Å². The Morgan fingerprint density at radius 1 is 1.63 bits per heavy atom. The normalized spacial score (nSPS) is 18.5. The summed E-state index contributed by atoms with van der Waals surface area (Å²) in [7, 11) is 3.83. The SMILES string of the molecule is CCOC(C)n1cc2c(n1)CSC(=CN(C)C)C2=O. The Kier molecular flexibility index (Phi) is 4.31. The van der Waals surface area contributed by atoms with E-state index in [0.29, 0.717) is 12.2 Å². The van der Waals surface area contributed by atoms with Crippen molar-refractivity contribution in [2.24, 2.45) is 0 Å². The summed E-state index contributed by atoms with van der Waals surface area (Å²) in [5.74, 6) is 0.780. The van der Waals surface area contributed by atoms with Crippen LogP contribution in [0.1, 0.15) is 36.1 Å². The van der Waals surface area contributed by atoms with Gasteiger partial charge in [-0.05, 0) is 13.8 Å². The Balaban J connectivity index is 2.27. The minimum atomic E-state index is -0.144. The van der Waals surface area contributed by atoms with Crippen LogP contribution in [0.25, 0.3) is 0 Å². The fourth-order valence-electron chi connectivity index (χ4n) is 1.90. The fourth-order valence-corrected chi connectivity index (χ4v) is 2.94. The second kappa shape index (κ2) is 5.79. The molecule has 1 aromatic heterocycles. The van der Waals surface area contributed by atoms with Crippen LogP contribution in [0, 0.1) is 0 Å². The zero-order valence-corrected chi connectivity index (χ0v) is 12.5. The number of rotatable bonds is 4. The van der Waals surface area contributed by atoms with Gasteiger partial charge in [-0.1, -0.05) is 0 Å². The predicted octanol–water partition coefficient (Wildman–Crippen LogP) is 2.27. The van der Waals surface area contributed by atoms with Gasteiger partial charge < -0.3 is 9.64 Å². The van der Waals surface area contributed by atoms with Crippen molar-refractivity contribution in [1.29, 1.82) is 0 Å². The van der Waals surface area contributed by atoms with Gasteiger partial charge in [0.1, 0.15) is 6.23 Å². The molecule has 1 aliphatic heterocycles. The first-order valence-electron chi connectivity index (χ1n) is 6.28. The first-order chi connectivity index (χ1) is 9.02. The van der Waals surface area contributed by atoms with E-state index in [1.54, 1.807) is 10.9 Å². The van der Waals surface area contributed by atoms with Crippen molar-refractivity contribution in [3.63, 3.8) is 0 Å². The van der Waals surface area contributed by atoms with E-state index in [1.165, 1.54) is 11.8 Å². The van der Waals surface area contributed by atoms with E-state index >= 15 is 0 Å². The summed E-state index contributed by atoms with van der Waals surface area (Å²) in [6, 6.07) is 0. The van der Waals surface area contributed by atoms with Crippen LogP contribution >= 0.6 is 11.8 Å². The van der Waals surface area contributed by atoms with Crippen LogP contribution in [-0.2, 0) is 10.5 Å². The summed E-state index contributed by atoms with van der Waals surface area (Å²) < 4.78 is 7.22. The molecule has 0 saturated carbocycles. The van der Waals surface area contributed by atoms with Gasteiger partial charge in [-0.25, -0.2) is 4.68 Å². The molecular weight excluding hydrogens is 262 g/mol. The van der Waals surface area contributed by atoms with E-state index in [2.05, 4.69) is 5.10 Å². The van der Waals surface area contributed by atoms with Crippen LogP contribution in [0.15, 0.2) is 17.3 Å². The Morgan fingerprint density at radius 3 is 3.00 bits per heavy atom. The van der Waals surface area contributed by atoms with Gasteiger partial charge in [-0.15, -0.1) is 11.8 Å².